The van der Waals surface area contributed by atoms with Gasteiger partial charge in [-0.3, -0.25) is 0 Å². The average Bonchev–Trinajstić information content (AvgIpc) is 2.01. The molecule has 0 spiro atoms. The topological polar surface area (TPSA) is 0 Å². The molecule has 0 saturated carbocycles. The molecule has 0 bridgehead atoms. The predicted octanol–water partition coefficient (Wildman–Crippen LogP) is 4.45. The molecule has 0 saturated heterocycles. The molecule has 0 amide bonds. The third-order valence-electron chi connectivity index (χ3n) is 1.54. The zero-order chi connectivity index (χ0) is 10.8. The van der Waals surface area contributed by atoms with Gasteiger partial charge in [-0.05, 0) is 13.8 Å². The molecule has 0 rings (SSSR count). The molecule has 0 nitrogen and oxygen atoms in total. The fourth-order valence-electron chi connectivity index (χ4n) is 0.765. The highest BCUT2D eigenvalue weighted by Crippen LogP contribution is 2.36. The minimum Gasteiger partial charge on any atom is -0.143 e. The summed E-state index contributed by atoms with van der Waals surface area (Å²) in [6.07, 6.45) is 0. The van der Waals surface area contributed by atoms with Crippen LogP contribution in [0.4, 0.5) is 0 Å². The third-order valence-corrected chi connectivity index (χ3v) is 12.2. The average molecular weight is 323 g/mol. The summed E-state index contributed by atoms with van der Waals surface area (Å²) >= 11 is 35.7. The second kappa shape index (κ2) is 5.88. The smallest absolute Gasteiger partial charge is 0.143 e. The van der Waals surface area contributed by atoms with Crippen molar-refractivity contribution in [2.75, 3.05) is 0 Å². The number of rotatable bonds is 4. The van der Waals surface area contributed by atoms with Crippen LogP contribution in [0.2, 0.25) is 0 Å². The van der Waals surface area contributed by atoms with E-state index in [-0.39, 0.29) is 10.8 Å². The van der Waals surface area contributed by atoms with Crippen LogP contribution in [0.3, 0.4) is 0 Å². The van der Waals surface area contributed by atoms with Crippen LogP contribution < -0.4 is 0 Å². The molecule has 0 aliphatic carbocycles. The normalized spacial score (nSPS) is 22.2. The van der Waals surface area contributed by atoms with Gasteiger partial charge in [0.2, 0.25) is 0 Å². The van der Waals surface area contributed by atoms with E-state index in [1.165, 1.54) is 0 Å². The van der Waals surface area contributed by atoms with Crippen LogP contribution >= 0.6 is 68.6 Å². The maximum absolute atomic E-state index is 6.10. The van der Waals surface area contributed by atoms with Gasteiger partial charge < -0.3 is 0 Å². The summed E-state index contributed by atoms with van der Waals surface area (Å²) in [5.74, 6) is 0. The van der Waals surface area contributed by atoms with Crippen molar-refractivity contribution in [1.29, 1.82) is 0 Å². The lowest BCUT2D eigenvalue weighted by Gasteiger charge is -2.29. The molecule has 4 unspecified atom stereocenters. The summed E-state index contributed by atoms with van der Waals surface area (Å²) in [6.45, 7) is 0.636. The van der Waals surface area contributed by atoms with E-state index in [2.05, 4.69) is 0 Å². The van der Waals surface area contributed by atoms with Gasteiger partial charge in [-0.1, -0.05) is 0 Å². The van der Waals surface area contributed by atoms with E-state index in [0.29, 0.717) is 0 Å². The molecule has 13 heavy (non-hydrogen) atoms. The Morgan fingerprint density at radius 1 is 0.769 bits per heavy atom. The Kier molecular flexibility index (Phi) is 6.77. The summed E-state index contributed by atoms with van der Waals surface area (Å²) in [5, 5.41) is -1.66. The van der Waals surface area contributed by atoms with Gasteiger partial charge in [-0.2, -0.15) is 0 Å². The van der Waals surface area contributed by atoms with Crippen molar-refractivity contribution in [3.05, 3.63) is 0 Å². The molecule has 0 aliphatic heterocycles. The molecule has 0 aromatic carbocycles. The molecule has 0 radical (unpaired) electrons. The Labute approximate surface area is 109 Å². The molecule has 4 atom stereocenters. The molecule has 0 fully saturated rings. The summed E-state index contributed by atoms with van der Waals surface area (Å²) in [5.41, 5.74) is 0. The monoisotopic (exact) mass is 320 g/mol. The molecule has 0 N–H and O–H groups in total. The predicted molar refractivity (Wildman–Crippen MR) is 67.4 cm³/mol. The van der Waals surface area contributed by atoms with E-state index in [9.17, 15) is 0 Å². The van der Waals surface area contributed by atoms with Crippen molar-refractivity contribution in [2.24, 2.45) is 0 Å². The molecule has 80 valence electrons. The lowest BCUT2D eigenvalue weighted by molar-refractivity contribution is 0.969. The van der Waals surface area contributed by atoms with E-state index in [1.807, 2.05) is 0 Å². The van der Waals surface area contributed by atoms with Gasteiger partial charge in [-0.25, -0.2) is 0 Å². The highest BCUT2D eigenvalue weighted by Gasteiger charge is 2.48. The minimum absolute atomic E-state index is 0.319. The molecular weight excluding hydrogens is 313 g/mol. The highest BCUT2D eigenvalue weighted by molar-refractivity contribution is 7.49. The van der Waals surface area contributed by atoms with E-state index < -0.39 is 16.7 Å². The standard InChI is InChI=1S/C6H10Cl6Si/c1-3(7)5(9)13(11,12)6(10)4(2)8/h3-6H,1-2H3. The lowest BCUT2D eigenvalue weighted by atomic mass is 10.5. The van der Waals surface area contributed by atoms with Gasteiger partial charge in [0.25, 0.3) is 6.69 Å². The summed E-state index contributed by atoms with van der Waals surface area (Å²) in [7, 11) is 0. The maximum Gasteiger partial charge on any atom is 0.288 e. The zero-order valence-electron chi connectivity index (χ0n) is 7.08. The van der Waals surface area contributed by atoms with Gasteiger partial charge in [0.1, 0.15) is 0 Å². The van der Waals surface area contributed by atoms with Crippen molar-refractivity contribution < 1.29 is 0 Å². The molecule has 0 heterocycles. The van der Waals surface area contributed by atoms with Crippen molar-refractivity contribution in [1.82, 2.24) is 0 Å². The first-order valence-corrected chi connectivity index (χ1v) is 9.57. The van der Waals surface area contributed by atoms with Crippen molar-refractivity contribution >= 4 is 75.3 Å². The Morgan fingerprint density at radius 3 is 1.15 bits per heavy atom. The van der Waals surface area contributed by atoms with Gasteiger partial charge in [0.15, 0.2) is 0 Å². The van der Waals surface area contributed by atoms with Gasteiger partial charge in [0, 0.05) is 10.8 Å². The van der Waals surface area contributed by atoms with Crippen molar-refractivity contribution in [3.63, 3.8) is 0 Å². The van der Waals surface area contributed by atoms with Crippen molar-refractivity contribution in [2.45, 2.75) is 34.6 Å². The highest BCUT2D eigenvalue weighted by atomic mass is 35.7. The van der Waals surface area contributed by atoms with E-state index in [1.54, 1.807) is 13.8 Å². The van der Waals surface area contributed by atoms with E-state index in [0.717, 1.165) is 0 Å². The van der Waals surface area contributed by atoms with Gasteiger partial charge >= 0.3 is 0 Å². The summed E-state index contributed by atoms with van der Waals surface area (Å²) in [4.78, 5) is 0. The Hall–Kier alpha value is 1.96. The molecule has 0 aliphatic rings. The fraction of sp³-hybridized carbons (Fsp3) is 1.00. The van der Waals surface area contributed by atoms with E-state index in [4.69, 9.17) is 68.6 Å². The molecule has 7 heteroatoms. The SMILES string of the molecule is CC(Cl)C(Cl)[Si](Cl)(Cl)C(Cl)C(C)Cl. The number of hydrogen-bond acceptors (Lipinski definition) is 0. The molecule has 0 aromatic rings. The molecule has 0 aromatic heterocycles. The first-order chi connectivity index (χ1) is 5.71. The maximum atomic E-state index is 6.10. The largest absolute Gasteiger partial charge is 0.288 e. The second-order valence-corrected chi connectivity index (χ2v) is 12.8. The van der Waals surface area contributed by atoms with Crippen LogP contribution in [-0.2, 0) is 0 Å². The Balaban J connectivity index is 4.54. The van der Waals surface area contributed by atoms with Crippen LogP contribution in [0, 0.1) is 0 Å². The quantitative estimate of drug-likeness (QED) is 0.407. The van der Waals surface area contributed by atoms with Crippen LogP contribution in [0.5, 0.6) is 0 Å². The number of hydrogen-bond donors (Lipinski definition) is 0. The summed E-state index contributed by atoms with van der Waals surface area (Å²) < 4.78 is 0. The van der Waals surface area contributed by atoms with E-state index >= 15 is 0 Å². The zero-order valence-corrected chi connectivity index (χ0v) is 12.6. The fourth-order valence-corrected chi connectivity index (χ4v) is 7.54. The first-order valence-electron chi connectivity index (χ1n) is 3.65. The number of halogens is 6. The van der Waals surface area contributed by atoms with Crippen LogP contribution in [-0.4, -0.2) is 27.4 Å². The van der Waals surface area contributed by atoms with Crippen LogP contribution in [0.1, 0.15) is 13.8 Å². The van der Waals surface area contributed by atoms with Gasteiger partial charge in [0.05, 0.1) is 10.0 Å². The summed E-state index contributed by atoms with van der Waals surface area (Å²) in [6, 6.07) is 0. The van der Waals surface area contributed by atoms with Crippen LogP contribution in [0.15, 0.2) is 0 Å². The third kappa shape index (κ3) is 4.14. The first kappa shape index (κ1) is 15.0. The molecular formula is C6H10Cl6Si. The second-order valence-electron chi connectivity index (χ2n) is 2.83. The number of alkyl halides is 4. The van der Waals surface area contributed by atoms with Crippen molar-refractivity contribution in [3.8, 4) is 0 Å². The van der Waals surface area contributed by atoms with Gasteiger partial charge in [-0.15, -0.1) is 68.6 Å². The Bertz CT molecular complexity index is 143. The van der Waals surface area contributed by atoms with Crippen LogP contribution in [0.25, 0.3) is 0 Å². The minimum atomic E-state index is -2.82. The Morgan fingerprint density at radius 2 is 1.00 bits per heavy atom. The lowest BCUT2D eigenvalue weighted by Crippen LogP contribution is -2.49.